The predicted molar refractivity (Wildman–Crippen MR) is 76.0 cm³/mol. The van der Waals surface area contributed by atoms with E-state index in [1.165, 1.54) is 0 Å². The standard InChI is InChI=1S/C15H18N2O2/c1-10-8-13(16)14(9-11(10)2)17-15(18)6-5-12-4-3-7-19-12/h3-4,7-9H,5-6,16H2,1-2H3,(H,17,18). The number of hydrogen-bond acceptors (Lipinski definition) is 3. The Hall–Kier alpha value is -2.23. The molecule has 19 heavy (non-hydrogen) atoms. The van der Waals surface area contributed by atoms with Gasteiger partial charge in [-0.25, -0.2) is 0 Å². The molecule has 1 aromatic heterocycles. The fraction of sp³-hybridized carbons (Fsp3) is 0.267. The van der Waals surface area contributed by atoms with Gasteiger partial charge in [0.05, 0.1) is 17.6 Å². The molecule has 0 aliphatic carbocycles. The van der Waals surface area contributed by atoms with E-state index in [2.05, 4.69) is 5.32 Å². The summed E-state index contributed by atoms with van der Waals surface area (Å²) in [6, 6.07) is 7.44. The summed E-state index contributed by atoms with van der Waals surface area (Å²) in [4.78, 5) is 11.8. The van der Waals surface area contributed by atoms with Gasteiger partial charge in [-0.3, -0.25) is 4.79 Å². The number of furan rings is 1. The van der Waals surface area contributed by atoms with Gasteiger partial charge in [0.2, 0.25) is 5.91 Å². The molecule has 0 spiro atoms. The van der Waals surface area contributed by atoms with Crippen molar-refractivity contribution in [3.8, 4) is 0 Å². The molecule has 100 valence electrons. The maximum Gasteiger partial charge on any atom is 0.224 e. The molecule has 4 heteroatoms. The topological polar surface area (TPSA) is 68.3 Å². The Morgan fingerprint density at radius 1 is 1.32 bits per heavy atom. The number of rotatable bonds is 4. The van der Waals surface area contributed by atoms with Gasteiger partial charge in [-0.05, 0) is 49.2 Å². The molecule has 0 aliphatic heterocycles. The van der Waals surface area contributed by atoms with Crippen LogP contribution in [0.4, 0.5) is 11.4 Å². The number of aryl methyl sites for hydroxylation is 3. The van der Waals surface area contributed by atoms with Crippen molar-refractivity contribution in [2.24, 2.45) is 0 Å². The van der Waals surface area contributed by atoms with Crippen molar-refractivity contribution in [2.45, 2.75) is 26.7 Å². The first-order valence-corrected chi connectivity index (χ1v) is 6.25. The highest BCUT2D eigenvalue weighted by atomic mass is 16.3. The van der Waals surface area contributed by atoms with Gasteiger partial charge in [0, 0.05) is 12.8 Å². The minimum absolute atomic E-state index is 0.0636. The van der Waals surface area contributed by atoms with E-state index >= 15 is 0 Å². The van der Waals surface area contributed by atoms with E-state index in [9.17, 15) is 4.79 Å². The molecule has 0 aliphatic rings. The first-order valence-electron chi connectivity index (χ1n) is 6.25. The third-order valence-electron chi connectivity index (χ3n) is 3.12. The summed E-state index contributed by atoms with van der Waals surface area (Å²) in [7, 11) is 0. The summed E-state index contributed by atoms with van der Waals surface area (Å²) < 4.78 is 5.19. The summed E-state index contributed by atoms with van der Waals surface area (Å²) in [5.74, 6) is 0.745. The van der Waals surface area contributed by atoms with Crippen molar-refractivity contribution in [2.75, 3.05) is 11.1 Å². The van der Waals surface area contributed by atoms with Crippen molar-refractivity contribution in [1.82, 2.24) is 0 Å². The number of nitrogen functional groups attached to an aromatic ring is 1. The van der Waals surface area contributed by atoms with Crippen LogP contribution in [-0.2, 0) is 11.2 Å². The normalized spacial score (nSPS) is 10.4. The molecule has 0 saturated carbocycles. The molecule has 3 N–H and O–H groups in total. The number of carbonyl (C=O) groups is 1. The van der Waals surface area contributed by atoms with E-state index in [-0.39, 0.29) is 5.91 Å². The van der Waals surface area contributed by atoms with Crippen molar-refractivity contribution < 1.29 is 9.21 Å². The SMILES string of the molecule is Cc1cc(N)c(NC(=O)CCc2ccco2)cc1C. The number of anilines is 2. The fourth-order valence-electron chi connectivity index (χ4n) is 1.85. The highest BCUT2D eigenvalue weighted by Gasteiger charge is 2.08. The average Bonchev–Trinajstić information content (AvgIpc) is 2.86. The first kappa shape index (κ1) is 13.2. The molecular formula is C15H18N2O2. The highest BCUT2D eigenvalue weighted by molar-refractivity contribution is 5.94. The molecule has 1 amide bonds. The summed E-state index contributed by atoms with van der Waals surface area (Å²) in [6.07, 6.45) is 2.57. The summed E-state index contributed by atoms with van der Waals surface area (Å²) in [6.45, 7) is 3.99. The van der Waals surface area contributed by atoms with E-state index in [1.807, 2.05) is 38.1 Å². The zero-order chi connectivity index (χ0) is 13.8. The van der Waals surface area contributed by atoms with Crippen LogP contribution in [0.5, 0.6) is 0 Å². The fourth-order valence-corrected chi connectivity index (χ4v) is 1.85. The van der Waals surface area contributed by atoms with E-state index < -0.39 is 0 Å². The maximum atomic E-state index is 11.8. The van der Waals surface area contributed by atoms with Crippen LogP contribution in [0, 0.1) is 13.8 Å². The van der Waals surface area contributed by atoms with E-state index in [1.54, 1.807) is 6.26 Å². The summed E-state index contributed by atoms with van der Waals surface area (Å²) >= 11 is 0. The van der Waals surface area contributed by atoms with Crippen LogP contribution in [0.25, 0.3) is 0 Å². The minimum Gasteiger partial charge on any atom is -0.469 e. The van der Waals surface area contributed by atoms with E-state index in [4.69, 9.17) is 10.2 Å². The lowest BCUT2D eigenvalue weighted by Crippen LogP contribution is -2.13. The smallest absolute Gasteiger partial charge is 0.224 e. The van der Waals surface area contributed by atoms with Gasteiger partial charge >= 0.3 is 0 Å². The molecule has 0 atom stereocenters. The molecule has 0 unspecified atom stereocenters. The van der Waals surface area contributed by atoms with Crippen LogP contribution in [0.3, 0.4) is 0 Å². The Kier molecular flexibility index (Phi) is 3.90. The van der Waals surface area contributed by atoms with Crippen molar-refractivity contribution in [3.63, 3.8) is 0 Å². The lowest BCUT2D eigenvalue weighted by Gasteiger charge is -2.10. The monoisotopic (exact) mass is 258 g/mol. The number of amides is 1. The lowest BCUT2D eigenvalue weighted by molar-refractivity contribution is -0.116. The van der Waals surface area contributed by atoms with Gasteiger partial charge in [-0.15, -0.1) is 0 Å². The van der Waals surface area contributed by atoms with Gasteiger partial charge in [0.25, 0.3) is 0 Å². The quantitative estimate of drug-likeness (QED) is 0.828. The molecule has 4 nitrogen and oxygen atoms in total. The summed E-state index contributed by atoms with van der Waals surface area (Å²) in [5, 5.41) is 2.84. The Balaban J connectivity index is 1.97. The Morgan fingerprint density at radius 3 is 2.74 bits per heavy atom. The molecule has 0 radical (unpaired) electrons. The van der Waals surface area contributed by atoms with E-state index in [0.717, 1.165) is 16.9 Å². The molecule has 2 rings (SSSR count). The van der Waals surface area contributed by atoms with Crippen LogP contribution >= 0.6 is 0 Å². The number of carbonyl (C=O) groups excluding carboxylic acids is 1. The molecule has 0 fully saturated rings. The molecule has 1 heterocycles. The largest absolute Gasteiger partial charge is 0.469 e. The zero-order valence-corrected chi connectivity index (χ0v) is 11.2. The first-order chi connectivity index (χ1) is 9.06. The van der Waals surface area contributed by atoms with Crippen LogP contribution in [-0.4, -0.2) is 5.91 Å². The van der Waals surface area contributed by atoms with Crippen molar-refractivity contribution in [3.05, 3.63) is 47.4 Å². The molecule has 0 bridgehead atoms. The van der Waals surface area contributed by atoms with Gasteiger partial charge in [-0.1, -0.05) is 0 Å². The van der Waals surface area contributed by atoms with Gasteiger partial charge in [0.15, 0.2) is 0 Å². The minimum atomic E-state index is -0.0636. The lowest BCUT2D eigenvalue weighted by atomic mass is 10.1. The predicted octanol–water partition coefficient (Wildman–Crippen LogP) is 3.05. The van der Waals surface area contributed by atoms with Crippen molar-refractivity contribution >= 4 is 17.3 Å². The average molecular weight is 258 g/mol. The van der Waals surface area contributed by atoms with Crippen LogP contribution in [0.15, 0.2) is 34.9 Å². The Labute approximate surface area is 112 Å². The third kappa shape index (κ3) is 3.37. The Bertz CT molecular complexity index is 574. The van der Waals surface area contributed by atoms with Crippen LogP contribution in [0.1, 0.15) is 23.3 Å². The van der Waals surface area contributed by atoms with Crippen molar-refractivity contribution in [1.29, 1.82) is 0 Å². The molecule has 0 saturated heterocycles. The number of benzene rings is 1. The van der Waals surface area contributed by atoms with E-state index in [0.29, 0.717) is 24.2 Å². The number of nitrogens with two attached hydrogens (primary N) is 1. The molecule has 1 aromatic carbocycles. The zero-order valence-electron chi connectivity index (χ0n) is 11.2. The van der Waals surface area contributed by atoms with Gasteiger partial charge in [0.1, 0.15) is 5.76 Å². The second kappa shape index (κ2) is 5.61. The Morgan fingerprint density at radius 2 is 2.05 bits per heavy atom. The van der Waals surface area contributed by atoms with Crippen LogP contribution < -0.4 is 11.1 Å². The third-order valence-corrected chi connectivity index (χ3v) is 3.12. The summed E-state index contributed by atoms with van der Waals surface area (Å²) in [5.41, 5.74) is 9.39. The van der Waals surface area contributed by atoms with Gasteiger partial charge < -0.3 is 15.5 Å². The van der Waals surface area contributed by atoms with Gasteiger partial charge in [-0.2, -0.15) is 0 Å². The molecule has 2 aromatic rings. The number of hydrogen-bond donors (Lipinski definition) is 2. The second-order valence-electron chi connectivity index (χ2n) is 4.65. The molecular weight excluding hydrogens is 240 g/mol. The second-order valence-corrected chi connectivity index (χ2v) is 4.65. The number of nitrogens with one attached hydrogen (secondary N) is 1. The van der Waals surface area contributed by atoms with Crippen LogP contribution in [0.2, 0.25) is 0 Å². The maximum absolute atomic E-state index is 11.8. The highest BCUT2D eigenvalue weighted by Crippen LogP contribution is 2.23.